The maximum atomic E-state index is 13.1. The van der Waals surface area contributed by atoms with Crippen LogP contribution in [0.15, 0.2) is 46.2 Å². The first-order chi connectivity index (χ1) is 8.97. The molecule has 0 radical (unpaired) electrons. The zero-order chi connectivity index (χ0) is 14.0. The molecular weight excluding hydrogens is 290 g/mol. The molecule has 0 atom stereocenters. The minimum absolute atomic E-state index is 0.132. The van der Waals surface area contributed by atoms with Crippen LogP contribution >= 0.6 is 23.4 Å². The maximum Gasteiger partial charge on any atom is 0.159 e. The molecule has 0 fully saturated rings. The molecule has 19 heavy (non-hydrogen) atoms. The highest BCUT2D eigenvalue weighted by Crippen LogP contribution is 2.32. The number of halogens is 3. The number of nitrogens with two attached hydrogens (primary N) is 1. The first kappa shape index (κ1) is 13.8. The van der Waals surface area contributed by atoms with Crippen molar-refractivity contribution in [2.75, 3.05) is 0 Å². The molecule has 0 aliphatic carbocycles. The molecule has 2 nitrogen and oxygen atoms in total. The smallest absolute Gasteiger partial charge is 0.159 e. The van der Waals surface area contributed by atoms with Crippen molar-refractivity contribution < 1.29 is 8.78 Å². The average molecular weight is 299 g/mol. The molecule has 2 rings (SSSR count). The zero-order valence-corrected chi connectivity index (χ0v) is 11.2. The van der Waals surface area contributed by atoms with Crippen molar-refractivity contribution >= 4 is 29.2 Å². The second-order valence-electron chi connectivity index (χ2n) is 3.73. The van der Waals surface area contributed by atoms with Crippen molar-refractivity contribution in [3.8, 4) is 0 Å². The molecule has 0 aromatic heterocycles. The molecule has 0 heterocycles. The van der Waals surface area contributed by atoms with Crippen molar-refractivity contribution in [1.29, 1.82) is 5.41 Å². The van der Waals surface area contributed by atoms with Crippen LogP contribution in [0.4, 0.5) is 8.78 Å². The minimum atomic E-state index is -0.914. The van der Waals surface area contributed by atoms with Crippen molar-refractivity contribution in [3.05, 3.63) is 58.6 Å². The van der Waals surface area contributed by atoms with Crippen molar-refractivity contribution in [2.24, 2.45) is 5.73 Å². The standard InChI is InChI=1S/C13H9ClF2N2S/c14-7-1-4-12(9(5-7)13(17)18)19-8-2-3-10(15)11(16)6-8/h1-6H,(H3,17,18). The van der Waals surface area contributed by atoms with Gasteiger partial charge in [-0.05, 0) is 36.4 Å². The van der Waals surface area contributed by atoms with Crippen LogP contribution in [-0.2, 0) is 0 Å². The van der Waals surface area contributed by atoms with Gasteiger partial charge in [-0.3, -0.25) is 5.41 Å². The summed E-state index contributed by atoms with van der Waals surface area (Å²) in [5, 5.41) is 7.94. The summed E-state index contributed by atoms with van der Waals surface area (Å²) in [6, 6.07) is 8.51. The molecule has 0 spiro atoms. The van der Waals surface area contributed by atoms with Crippen molar-refractivity contribution in [2.45, 2.75) is 9.79 Å². The Hall–Kier alpha value is -1.59. The third-order valence-electron chi connectivity index (χ3n) is 2.35. The Morgan fingerprint density at radius 3 is 2.47 bits per heavy atom. The summed E-state index contributed by atoms with van der Waals surface area (Å²) in [6.07, 6.45) is 0. The van der Waals surface area contributed by atoms with Gasteiger partial charge in [0.25, 0.3) is 0 Å². The average Bonchev–Trinajstić information content (AvgIpc) is 2.36. The molecule has 0 amide bonds. The second kappa shape index (κ2) is 5.59. The highest BCUT2D eigenvalue weighted by molar-refractivity contribution is 7.99. The van der Waals surface area contributed by atoms with E-state index in [2.05, 4.69) is 0 Å². The topological polar surface area (TPSA) is 49.9 Å². The van der Waals surface area contributed by atoms with E-state index in [-0.39, 0.29) is 5.84 Å². The molecule has 6 heteroatoms. The van der Waals surface area contributed by atoms with Gasteiger partial charge in [0, 0.05) is 20.4 Å². The number of hydrogen-bond donors (Lipinski definition) is 2. The van der Waals surface area contributed by atoms with Crippen LogP contribution in [0.25, 0.3) is 0 Å². The van der Waals surface area contributed by atoms with Crippen molar-refractivity contribution in [3.63, 3.8) is 0 Å². The van der Waals surface area contributed by atoms with E-state index in [9.17, 15) is 8.78 Å². The van der Waals surface area contributed by atoms with Crippen molar-refractivity contribution in [1.82, 2.24) is 0 Å². The predicted octanol–water partition coefficient (Wildman–Crippen LogP) is 4.05. The van der Waals surface area contributed by atoms with Crippen LogP contribution in [0, 0.1) is 17.0 Å². The Labute approximate surface area is 118 Å². The van der Waals surface area contributed by atoms with Crippen LogP contribution in [0.2, 0.25) is 5.02 Å². The number of benzene rings is 2. The lowest BCUT2D eigenvalue weighted by atomic mass is 10.2. The van der Waals surface area contributed by atoms with E-state index in [1.54, 1.807) is 18.2 Å². The second-order valence-corrected chi connectivity index (χ2v) is 5.28. The van der Waals surface area contributed by atoms with Crippen LogP contribution in [0.1, 0.15) is 5.56 Å². The van der Waals surface area contributed by atoms with Crippen LogP contribution in [0.5, 0.6) is 0 Å². The monoisotopic (exact) mass is 298 g/mol. The Kier molecular flexibility index (Phi) is 4.07. The Balaban J connectivity index is 2.37. The van der Waals surface area contributed by atoms with E-state index >= 15 is 0 Å². The van der Waals surface area contributed by atoms with E-state index in [0.29, 0.717) is 20.4 Å². The van der Waals surface area contributed by atoms with Gasteiger partial charge in [0.05, 0.1) is 0 Å². The molecule has 3 N–H and O–H groups in total. The van der Waals surface area contributed by atoms with E-state index in [4.69, 9.17) is 22.7 Å². The summed E-state index contributed by atoms with van der Waals surface area (Å²) in [5.74, 6) is -1.94. The fourth-order valence-electron chi connectivity index (χ4n) is 1.47. The van der Waals surface area contributed by atoms with Crippen LogP contribution in [-0.4, -0.2) is 5.84 Å². The third kappa shape index (κ3) is 3.24. The number of amidine groups is 1. The summed E-state index contributed by atoms with van der Waals surface area (Å²) in [7, 11) is 0. The first-order valence-electron chi connectivity index (χ1n) is 5.24. The normalized spacial score (nSPS) is 10.5. The summed E-state index contributed by atoms with van der Waals surface area (Å²) in [4.78, 5) is 1.17. The summed E-state index contributed by atoms with van der Waals surface area (Å²) in [5.41, 5.74) is 5.93. The van der Waals surface area contributed by atoms with E-state index in [1.165, 1.54) is 17.8 Å². The van der Waals surface area contributed by atoms with Gasteiger partial charge in [0.1, 0.15) is 5.84 Å². The third-order valence-corrected chi connectivity index (χ3v) is 3.65. The lowest BCUT2D eigenvalue weighted by Crippen LogP contribution is -2.12. The zero-order valence-electron chi connectivity index (χ0n) is 9.58. The highest BCUT2D eigenvalue weighted by Gasteiger charge is 2.10. The molecule has 0 saturated carbocycles. The van der Waals surface area contributed by atoms with Gasteiger partial charge in [-0.15, -0.1) is 0 Å². The number of hydrogen-bond acceptors (Lipinski definition) is 2. The molecule has 98 valence electrons. The lowest BCUT2D eigenvalue weighted by Gasteiger charge is -2.08. The fourth-order valence-corrected chi connectivity index (χ4v) is 2.61. The number of rotatable bonds is 3. The quantitative estimate of drug-likeness (QED) is 0.663. The van der Waals surface area contributed by atoms with E-state index in [0.717, 1.165) is 12.1 Å². The van der Waals surface area contributed by atoms with Crippen LogP contribution < -0.4 is 5.73 Å². The number of nitrogen functional groups attached to an aromatic ring is 1. The molecule has 2 aromatic carbocycles. The van der Waals surface area contributed by atoms with Gasteiger partial charge in [0.15, 0.2) is 11.6 Å². The fraction of sp³-hybridized carbons (Fsp3) is 0. The molecular formula is C13H9ClF2N2S. The number of nitrogens with one attached hydrogen (secondary N) is 1. The lowest BCUT2D eigenvalue weighted by molar-refractivity contribution is 0.506. The molecule has 0 unspecified atom stereocenters. The molecule has 0 bridgehead atoms. The summed E-state index contributed by atoms with van der Waals surface area (Å²) in [6.45, 7) is 0. The maximum absolute atomic E-state index is 13.1. The minimum Gasteiger partial charge on any atom is -0.384 e. The molecule has 0 aliphatic heterocycles. The van der Waals surface area contributed by atoms with E-state index < -0.39 is 11.6 Å². The van der Waals surface area contributed by atoms with Gasteiger partial charge in [-0.25, -0.2) is 8.78 Å². The van der Waals surface area contributed by atoms with Gasteiger partial charge >= 0.3 is 0 Å². The SMILES string of the molecule is N=C(N)c1cc(Cl)ccc1Sc1ccc(F)c(F)c1. The Bertz CT molecular complexity index is 647. The summed E-state index contributed by atoms with van der Waals surface area (Å²) < 4.78 is 26.0. The first-order valence-corrected chi connectivity index (χ1v) is 6.43. The van der Waals surface area contributed by atoms with Gasteiger partial charge < -0.3 is 5.73 Å². The van der Waals surface area contributed by atoms with Gasteiger partial charge in [-0.1, -0.05) is 23.4 Å². The van der Waals surface area contributed by atoms with Gasteiger partial charge in [0.2, 0.25) is 0 Å². The summed E-state index contributed by atoms with van der Waals surface area (Å²) >= 11 is 7.03. The Morgan fingerprint density at radius 1 is 1.11 bits per heavy atom. The molecule has 0 aliphatic rings. The van der Waals surface area contributed by atoms with E-state index in [1.807, 2.05) is 0 Å². The Morgan fingerprint density at radius 2 is 1.84 bits per heavy atom. The van der Waals surface area contributed by atoms with Crippen LogP contribution in [0.3, 0.4) is 0 Å². The van der Waals surface area contributed by atoms with Gasteiger partial charge in [-0.2, -0.15) is 0 Å². The molecule has 0 saturated heterocycles. The highest BCUT2D eigenvalue weighted by atomic mass is 35.5. The predicted molar refractivity (Wildman–Crippen MR) is 72.9 cm³/mol. The molecule has 2 aromatic rings. The largest absolute Gasteiger partial charge is 0.384 e.